The van der Waals surface area contributed by atoms with E-state index in [0.717, 1.165) is 0 Å². The van der Waals surface area contributed by atoms with E-state index in [0.29, 0.717) is 12.8 Å². The third-order valence-electron chi connectivity index (χ3n) is 2.35. The van der Waals surface area contributed by atoms with Crippen molar-refractivity contribution in [3.63, 3.8) is 0 Å². The highest BCUT2D eigenvalue weighted by Crippen LogP contribution is 2.29. The van der Waals surface area contributed by atoms with E-state index in [2.05, 4.69) is 4.74 Å². The molecule has 0 bridgehead atoms. The molecule has 1 heterocycles. The van der Waals surface area contributed by atoms with Crippen molar-refractivity contribution >= 4 is 11.9 Å². The molecule has 16 heavy (non-hydrogen) atoms. The molecule has 0 saturated carbocycles. The average Bonchev–Trinajstić information content (AvgIpc) is 2.16. The van der Waals surface area contributed by atoms with Gasteiger partial charge in [-0.3, -0.25) is 0 Å². The van der Waals surface area contributed by atoms with Gasteiger partial charge in [-0.05, 0) is 33.6 Å². The highest BCUT2D eigenvalue weighted by atomic mass is 16.6. The molecule has 90 valence electrons. The molecule has 0 amide bonds. The minimum absolute atomic E-state index is 0.00206. The number of cyclic esters (lactones) is 1. The summed E-state index contributed by atoms with van der Waals surface area (Å²) in [4.78, 5) is 22.7. The molecule has 1 aliphatic rings. The fourth-order valence-electron chi connectivity index (χ4n) is 1.43. The van der Waals surface area contributed by atoms with Crippen LogP contribution in [0.1, 0.15) is 33.6 Å². The highest BCUT2D eigenvalue weighted by molar-refractivity contribution is 5.99. The van der Waals surface area contributed by atoms with Gasteiger partial charge in [0.25, 0.3) is 0 Å². The molecule has 1 rings (SSSR count). The molecule has 5 nitrogen and oxygen atoms in total. The van der Waals surface area contributed by atoms with Crippen LogP contribution in [0.5, 0.6) is 0 Å². The monoisotopic (exact) mass is 228 g/mol. The Hall–Kier alpha value is -1.52. The van der Waals surface area contributed by atoms with Gasteiger partial charge in [0.05, 0.1) is 12.2 Å². The van der Waals surface area contributed by atoms with Gasteiger partial charge in [-0.25, -0.2) is 9.59 Å². The summed E-state index contributed by atoms with van der Waals surface area (Å²) in [6.45, 7) is 5.33. The summed E-state index contributed by atoms with van der Waals surface area (Å²) in [5, 5.41) is 9.52. The Morgan fingerprint density at radius 3 is 2.69 bits per heavy atom. The number of rotatable bonds is 2. The lowest BCUT2D eigenvalue weighted by Gasteiger charge is -2.30. The van der Waals surface area contributed by atoms with Crippen LogP contribution in [0.25, 0.3) is 0 Å². The number of carbonyl (C=O) groups is 2. The summed E-state index contributed by atoms with van der Waals surface area (Å²) < 4.78 is 9.67. The fraction of sp³-hybridized carbons (Fsp3) is 0.636. The standard InChI is InChI=1S/C11H16O5/c1-4-15-10(14)8(12)7-5-6-11(2,3)16-9(7)13/h12H,4-6H2,1-3H3/b8-7-. The van der Waals surface area contributed by atoms with Crippen molar-refractivity contribution in [3.05, 3.63) is 11.3 Å². The van der Waals surface area contributed by atoms with Gasteiger partial charge in [-0.1, -0.05) is 0 Å². The fourth-order valence-corrected chi connectivity index (χ4v) is 1.43. The first-order valence-corrected chi connectivity index (χ1v) is 5.20. The van der Waals surface area contributed by atoms with Crippen LogP contribution in [0.4, 0.5) is 0 Å². The van der Waals surface area contributed by atoms with Gasteiger partial charge in [-0.2, -0.15) is 0 Å². The average molecular weight is 228 g/mol. The summed E-state index contributed by atoms with van der Waals surface area (Å²) in [6.07, 6.45) is 0.883. The van der Waals surface area contributed by atoms with Gasteiger partial charge in [0.1, 0.15) is 5.60 Å². The lowest BCUT2D eigenvalue weighted by Crippen LogP contribution is -2.35. The van der Waals surface area contributed by atoms with E-state index in [1.54, 1.807) is 20.8 Å². The van der Waals surface area contributed by atoms with Gasteiger partial charge in [0.2, 0.25) is 5.76 Å². The number of esters is 2. The minimum Gasteiger partial charge on any atom is -0.501 e. The van der Waals surface area contributed by atoms with E-state index in [1.165, 1.54) is 0 Å². The summed E-state index contributed by atoms with van der Waals surface area (Å²) in [5.74, 6) is -2.17. The number of hydrogen-bond acceptors (Lipinski definition) is 5. The van der Waals surface area contributed by atoms with Crippen LogP contribution >= 0.6 is 0 Å². The molecule has 0 atom stereocenters. The predicted molar refractivity (Wildman–Crippen MR) is 55.7 cm³/mol. The summed E-state index contributed by atoms with van der Waals surface area (Å²) in [5.41, 5.74) is -0.548. The normalized spacial score (nSPS) is 22.3. The van der Waals surface area contributed by atoms with E-state index >= 15 is 0 Å². The van der Waals surface area contributed by atoms with Crippen molar-refractivity contribution in [2.45, 2.75) is 39.2 Å². The molecule has 0 unspecified atom stereocenters. The van der Waals surface area contributed by atoms with Gasteiger partial charge in [0.15, 0.2) is 0 Å². The number of carbonyl (C=O) groups excluding carboxylic acids is 2. The Kier molecular flexibility index (Phi) is 3.57. The van der Waals surface area contributed by atoms with Gasteiger partial charge in [0, 0.05) is 0 Å². The number of aliphatic hydroxyl groups is 1. The van der Waals surface area contributed by atoms with Crippen molar-refractivity contribution in [1.29, 1.82) is 0 Å². The van der Waals surface area contributed by atoms with Crippen molar-refractivity contribution in [1.82, 2.24) is 0 Å². The Morgan fingerprint density at radius 2 is 2.19 bits per heavy atom. The first-order chi connectivity index (χ1) is 7.37. The van der Waals surface area contributed by atoms with Crippen LogP contribution in [-0.4, -0.2) is 29.3 Å². The van der Waals surface area contributed by atoms with E-state index < -0.39 is 23.3 Å². The lowest BCUT2D eigenvalue weighted by atomic mass is 9.94. The van der Waals surface area contributed by atoms with Crippen LogP contribution in [0.15, 0.2) is 11.3 Å². The van der Waals surface area contributed by atoms with Crippen LogP contribution in [0.2, 0.25) is 0 Å². The molecule has 0 aromatic heterocycles. The molecule has 5 heteroatoms. The molecule has 0 radical (unpaired) electrons. The molecule has 1 fully saturated rings. The molecule has 0 aromatic rings. The molecule has 1 saturated heterocycles. The Labute approximate surface area is 94.0 Å². The zero-order valence-corrected chi connectivity index (χ0v) is 9.70. The topological polar surface area (TPSA) is 72.8 Å². The molecule has 0 aliphatic carbocycles. The zero-order chi connectivity index (χ0) is 12.3. The van der Waals surface area contributed by atoms with Crippen molar-refractivity contribution in [3.8, 4) is 0 Å². The maximum absolute atomic E-state index is 11.5. The van der Waals surface area contributed by atoms with Crippen molar-refractivity contribution < 1.29 is 24.2 Å². The van der Waals surface area contributed by atoms with Crippen LogP contribution in [0, 0.1) is 0 Å². The second-order valence-electron chi connectivity index (χ2n) is 4.20. The molecule has 1 aliphatic heterocycles. The number of hydrogen-bond donors (Lipinski definition) is 1. The van der Waals surface area contributed by atoms with Crippen LogP contribution in [0.3, 0.4) is 0 Å². The lowest BCUT2D eigenvalue weighted by molar-refractivity contribution is -0.157. The third-order valence-corrected chi connectivity index (χ3v) is 2.35. The van der Waals surface area contributed by atoms with Crippen molar-refractivity contribution in [2.24, 2.45) is 0 Å². The molecule has 0 aromatic carbocycles. The minimum atomic E-state index is -0.880. The highest BCUT2D eigenvalue weighted by Gasteiger charge is 2.34. The Bertz CT molecular complexity index is 340. The second kappa shape index (κ2) is 4.55. The first-order valence-electron chi connectivity index (χ1n) is 5.20. The Morgan fingerprint density at radius 1 is 1.56 bits per heavy atom. The van der Waals surface area contributed by atoms with Crippen LogP contribution in [-0.2, 0) is 19.1 Å². The predicted octanol–water partition coefficient (Wildman–Crippen LogP) is 1.48. The number of ether oxygens (including phenoxy) is 2. The molecule has 1 N–H and O–H groups in total. The van der Waals surface area contributed by atoms with E-state index in [-0.39, 0.29) is 12.2 Å². The van der Waals surface area contributed by atoms with Gasteiger partial charge in [-0.15, -0.1) is 0 Å². The van der Waals surface area contributed by atoms with Gasteiger partial charge < -0.3 is 14.6 Å². The molecule has 0 spiro atoms. The maximum Gasteiger partial charge on any atom is 0.373 e. The second-order valence-corrected chi connectivity index (χ2v) is 4.20. The van der Waals surface area contributed by atoms with E-state index in [1.807, 2.05) is 0 Å². The summed E-state index contributed by atoms with van der Waals surface area (Å²) in [6, 6.07) is 0. The number of aliphatic hydroxyl groups excluding tert-OH is 1. The summed E-state index contributed by atoms with van der Waals surface area (Å²) in [7, 11) is 0. The largest absolute Gasteiger partial charge is 0.501 e. The molecular weight excluding hydrogens is 212 g/mol. The smallest absolute Gasteiger partial charge is 0.373 e. The van der Waals surface area contributed by atoms with E-state index in [9.17, 15) is 14.7 Å². The first kappa shape index (κ1) is 12.5. The zero-order valence-electron chi connectivity index (χ0n) is 9.70. The summed E-state index contributed by atoms with van der Waals surface area (Å²) >= 11 is 0. The quantitative estimate of drug-likeness (QED) is 0.440. The van der Waals surface area contributed by atoms with Crippen molar-refractivity contribution in [2.75, 3.05) is 6.61 Å². The van der Waals surface area contributed by atoms with E-state index in [4.69, 9.17) is 4.74 Å². The SMILES string of the molecule is CCOC(=O)/C(O)=C1\CCC(C)(C)OC1=O. The third kappa shape index (κ3) is 2.74. The Balaban J connectivity index is 2.85. The van der Waals surface area contributed by atoms with Crippen LogP contribution < -0.4 is 0 Å². The maximum atomic E-state index is 11.5. The molecular formula is C11H16O5. The van der Waals surface area contributed by atoms with Gasteiger partial charge >= 0.3 is 11.9 Å².